The minimum absolute atomic E-state index is 0.0740. The van der Waals surface area contributed by atoms with Crippen LogP contribution in [0, 0.1) is 23.3 Å². The van der Waals surface area contributed by atoms with Crippen molar-refractivity contribution in [3.63, 3.8) is 0 Å². The molecule has 3 atom stereocenters. The molecule has 0 radical (unpaired) electrons. The first-order chi connectivity index (χ1) is 15.4. The average Bonchev–Trinajstić information content (AvgIpc) is 3.28. The number of hydrogen-bond donors (Lipinski definition) is 1. The van der Waals surface area contributed by atoms with Crippen LogP contribution in [0.1, 0.15) is 25.0 Å². The summed E-state index contributed by atoms with van der Waals surface area (Å²) in [5.74, 6) is -4.00. The zero-order valence-corrected chi connectivity index (χ0v) is 18.4. The van der Waals surface area contributed by atoms with Crippen molar-refractivity contribution in [3.8, 4) is 11.1 Å². The van der Waals surface area contributed by atoms with E-state index in [1.165, 1.54) is 11.8 Å². The predicted octanol–water partition coefficient (Wildman–Crippen LogP) is 3.65. The molecule has 4 rings (SSSR count). The van der Waals surface area contributed by atoms with Crippen LogP contribution in [0.15, 0.2) is 35.5 Å². The van der Waals surface area contributed by atoms with Gasteiger partial charge in [-0.3, -0.25) is 0 Å². The topological polar surface area (TPSA) is 71.0 Å². The summed E-state index contributed by atoms with van der Waals surface area (Å²) in [6, 6.07) is 3.45. The summed E-state index contributed by atoms with van der Waals surface area (Å²) in [6.45, 7) is 0.931. The van der Waals surface area contributed by atoms with Gasteiger partial charge in [0.1, 0.15) is 34.8 Å². The number of rotatable bonds is 4. The van der Waals surface area contributed by atoms with Crippen LogP contribution in [0.5, 0.6) is 0 Å². The summed E-state index contributed by atoms with van der Waals surface area (Å²) in [4.78, 5) is 6.71. The number of hydrogen-bond acceptors (Lipinski definition) is 5. The molecule has 1 saturated heterocycles. The molecule has 2 aromatic carbocycles. The molecule has 2 aliphatic rings. The number of nitrogens with zero attached hydrogens (tertiary/aromatic N) is 2. The molecule has 0 unspecified atom stereocenters. The molecule has 12 heteroatoms. The van der Waals surface area contributed by atoms with Crippen LogP contribution in [0.2, 0.25) is 0 Å². The van der Waals surface area contributed by atoms with Crippen LogP contribution in [0.4, 0.5) is 22.0 Å². The molecule has 0 saturated carbocycles. The van der Waals surface area contributed by atoms with E-state index >= 15 is 0 Å². The molecule has 0 bridgehead atoms. The highest BCUT2D eigenvalue weighted by Crippen LogP contribution is 2.41. The van der Waals surface area contributed by atoms with Crippen LogP contribution in [-0.4, -0.2) is 50.2 Å². The molecule has 2 heterocycles. The molecule has 1 N–H and O–H groups in total. The second-order valence-corrected chi connectivity index (χ2v) is 10.1. The Morgan fingerprint density at radius 1 is 1.06 bits per heavy atom. The zero-order valence-electron chi connectivity index (χ0n) is 17.6. The Bertz CT molecular complexity index is 1220. The lowest BCUT2D eigenvalue weighted by atomic mass is 9.93. The zero-order chi connectivity index (χ0) is 24.1. The Hall–Kier alpha value is -2.73. The number of benzene rings is 2. The first-order valence-electron chi connectivity index (χ1n) is 9.93. The largest absolute Gasteiger partial charge is 0.386 e. The van der Waals surface area contributed by atoms with Crippen molar-refractivity contribution in [1.29, 1.82) is 0 Å². The standard InChI is InChI=1S/C21H20F5N3O3S/c1-21(26)10-29(9-16(21)28-33(2,30)31)17-8-15(32-27-17)19-13(24)6-7-14(25)20(19)18-11(22)4-3-5-12(18)23/h3-7,15-16,28H,8-10H2,1-2H3/t15-,16-,21+/m0/s1. The van der Waals surface area contributed by atoms with E-state index in [0.29, 0.717) is 0 Å². The fourth-order valence-electron chi connectivity index (χ4n) is 4.15. The molecule has 2 aliphatic heterocycles. The van der Waals surface area contributed by atoms with Gasteiger partial charge in [-0.25, -0.2) is 35.1 Å². The summed E-state index contributed by atoms with van der Waals surface area (Å²) >= 11 is 0. The third kappa shape index (κ3) is 4.54. The van der Waals surface area contributed by atoms with Crippen molar-refractivity contribution >= 4 is 15.9 Å². The lowest BCUT2D eigenvalue weighted by Crippen LogP contribution is -2.47. The van der Waals surface area contributed by atoms with Gasteiger partial charge < -0.3 is 9.74 Å². The van der Waals surface area contributed by atoms with Crippen LogP contribution in [0.25, 0.3) is 11.1 Å². The quantitative estimate of drug-likeness (QED) is 0.666. The number of sulfonamides is 1. The van der Waals surface area contributed by atoms with Crippen molar-refractivity contribution in [2.24, 2.45) is 5.16 Å². The maximum Gasteiger partial charge on any atom is 0.209 e. The molecule has 0 aromatic heterocycles. The smallest absolute Gasteiger partial charge is 0.209 e. The summed E-state index contributed by atoms with van der Waals surface area (Å²) in [6.07, 6.45) is -0.475. The Balaban J connectivity index is 1.64. The molecule has 0 spiro atoms. The van der Waals surface area contributed by atoms with Crippen molar-refractivity contribution in [2.75, 3.05) is 19.3 Å². The Morgan fingerprint density at radius 3 is 2.30 bits per heavy atom. The molecular weight excluding hydrogens is 469 g/mol. The molecule has 33 heavy (non-hydrogen) atoms. The van der Waals surface area contributed by atoms with Crippen molar-refractivity contribution in [2.45, 2.75) is 31.2 Å². The summed E-state index contributed by atoms with van der Waals surface area (Å²) in [7, 11) is -3.68. The number of halogens is 5. The van der Waals surface area contributed by atoms with E-state index in [4.69, 9.17) is 4.84 Å². The highest BCUT2D eigenvalue weighted by molar-refractivity contribution is 7.88. The van der Waals surface area contributed by atoms with Crippen LogP contribution in [0.3, 0.4) is 0 Å². The lowest BCUT2D eigenvalue weighted by Gasteiger charge is -2.20. The van der Waals surface area contributed by atoms with Gasteiger partial charge in [-0.1, -0.05) is 11.2 Å². The minimum atomic E-state index is -3.68. The van der Waals surface area contributed by atoms with Gasteiger partial charge in [0.25, 0.3) is 0 Å². The fourth-order valence-corrected chi connectivity index (χ4v) is 4.99. The highest BCUT2D eigenvalue weighted by atomic mass is 32.2. The van der Waals surface area contributed by atoms with Crippen LogP contribution in [-0.2, 0) is 14.9 Å². The number of nitrogens with one attached hydrogen (secondary N) is 1. The van der Waals surface area contributed by atoms with Crippen molar-refractivity contribution in [1.82, 2.24) is 9.62 Å². The van der Waals surface area contributed by atoms with E-state index in [0.717, 1.165) is 36.6 Å². The molecule has 1 fully saturated rings. The first kappa shape index (κ1) is 23.4. The van der Waals surface area contributed by atoms with E-state index < -0.39 is 67.8 Å². The monoisotopic (exact) mass is 489 g/mol. The SMILES string of the molecule is C[C@@]1(F)CN(C2=NO[C@H](c3c(F)ccc(F)c3-c3c(F)cccc3F)C2)C[C@@H]1NS(C)(=O)=O. The molecule has 6 nitrogen and oxygen atoms in total. The Labute approximate surface area is 187 Å². The third-order valence-corrected chi connectivity index (χ3v) is 6.39. The van der Waals surface area contributed by atoms with Gasteiger partial charge >= 0.3 is 0 Å². The van der Waals surface area contributed by atoms with Gasteiger partial charge in [0.05, 0.1) is 30.8 Å². The normalized spacial score (nSPS) is 25.3. The van der Waals surface area contributed by atoms with E-state index in [2.05, 4.69) is 9.88 Å². The van der Waals surface area contributed by atoms with Crippen LogP contribution < -0.4 is 4.72 Å². The Morgan fingerprint density at radius 2 is 1.67 bits per heavy atom. The van der Waals surface area contributed by atoms with E-state index in [9.17, 15) is 30.4 Å². The number of alkyl halides is 1. The molecular formula is C21H20F5N3O3S. The second kappa shape index (κ2) is 8.24. The van der Waals surface area contributed by atoms with Gasteiger partial charge in [-0.2, -0.15) is 0 Å². The highest BCUT2D eigenvalue weighted by Gasteiger charge is 2.47. The summed E-state index contributed by atoms with van der Waals surface area (Å²) < 4.78 is 98.6. The molecule has 2 aromatic rings. The molecule has 178 valence electrons. The van der Waals surface area contributed by atoms with Gasteiger partial charge in [0, 0.05) is 17.7 Å². The van der Waals surface area contributed by atoms with E-state index in [1.54, 1.807) is 0 Å². The van der Waals surface area contributed by atoms with E-state index in [1.807, 2.05) is 0 Å². The summed E-state index contributed by atoms with van der Waals surface area (Å²) in [5.41, 5.74) is -3.72. The predicted molar refractivity (Wildman–Crippen MR) is 110 cm³/mol. The average molecular weight is 489 g/mol. The molecule has 0 amide bonds. The number of oxime groups is 1. The minimum Gasteiger partial charge on any atom is -0.386 e. The number of amidine groups is 1. The first-order valence-corrected chi connectivity index (χ1v) is 11.8. The number of likely N-dealkylation sites (tertiary alicyclic amines) is 1. The van der Waals surface area contributed by atoms with Gasteiger partial charge in [-0.15, -0.1) is 0 Å². The van der Waals surface area contributed by atoms with Gasteiger partial charge in [-0.05, 0) is 31.2 Å². The van der Waals surface area contributed by atoms with Gasteiger partial charge in [0.2, 0.25) is 10.0 Å². The van der Waals surface area contributed by atoms with E-state index in [-0.39, 0.29) is 25.3 Å². The van der Waals surface area contributed by atoms with Gasteiger partial charge in [0.15, 0.2) is 6.10 Å². The summed E-state index contributed by atoms with van der Waals surface area (Å²) in [5, 5.41) is 3.84. The van der Waals surface area contributed by atoms with Crippen molar-refractivity contribution in [3.05, 3.63) is 59.2 Å². The second-order valence-electron chi connectivity index (χ2n) is 8.32. The lowest BCUT2D eigenvalue weighted by molar-refractivity contribution is 0.0829. The Kier molecular flexibility index (Phi) is 5.85. The fraction of sp³-hybridized carbons (Fsp3) is 0.381. The van der Waals surface area contributed by atoms with Crippen LogP contribution >= 0.6 is 0 Å². The third-order valence-electron chi connectivity index (χ3n) is 5.68. The maximum absolute atomic E-state index is 15.0. The molecule has 0 aliphatic carbocycles. The van der Waals surface area contributed by atoms with Crippen molar-refractivity contribution < 1.29 is 35.2 Å². The maximum atomic E-state index is 15.0.